The van der Waals surface area contributed by atoms with Crippen molar-refractivity contribution in [2.45, 2.75) is 28.4 Å². The molecule has 2 heterocycles. The second kappa shape index (κ2) is 12.8. The summed E-state index contributed by atoms with van der Waals surface area (Å²) in [5.74, 6) is 0.114. The van der Waals surface area contributed by atoms with E-state index in [4.69, 9.17) is 60.5 Å². The second-order valence-corrected chi connectivity index (χ2v) is 14.1. The number of cyclic esters (lactones) is 1. The molecule has 49 heavy (non-hydrogen) atoms. The molecule has 4 atom stereocenters. The van der Waals surface area contributed by atoms with Crippen LogP contribution in [0.25, 0.3) is 0 Å². The molecule has 2 aliphatic heterocycles. The van der Waals surface area contributed by atoms with Crippen molar-refractivity contribution in [2.75, 3.05) is 34.7 Å². The summed E-state index contributed by atoms with van der Waals surface area (Å²) < 4.78 is 72.4. The molecule has 3 aliphatic rings. The molecule has 0 saturated carbocycles. The Balaban J connectivity index is 1.30. The van der Waals surface area contributed by atoms with Crippen LogP contribution < -0.4 is 27.9 Å². The Morgan fingerprint density at radius 1 is 0.837 bits per heavy atom. The maximum absolute atomic E-state index is 13.7. The van der Waals surface area contributed by atoms with Gasteiger partial charge in [-0.25, -0.2) is 0 Å². The van der Waals surface area contributed by atoms with E-state index in [-0.39, 0.29) is 30.7 Å². The fourth-order valence-corrected chi connectivity index (χ4v) is 8.21. The van der Waals surface area contributed by atoms with Crippen LogP contribution in [0, 0.1) is 5.92 Å². The number of carbonyl (C=O) groups is 1. The highest BCUT2D eigenvalue weighted by atomic mass is 35.5. The molecule has 4 aromatic carbocycles. The Labute approximate surface area is 292 Å². The summed E-state index contributed by atoms with van der Waals surface area (Å²) in [6.07, 6.45) is -0.798. The van der Waals surface area contributed by atoms with Crippen LogP contribution in [0.1, 0.15) is 34.3 Å². The Hall–Kier alpha value is -4.36. The summed E-state index contributed by atoms with van der Waals surface area (Å²) in [5, 5.41) is 0.389. The van der Waals surface area contributed by atoms with Gasteiger partial charge in [-0.05, 0) is 71.3 Å². The van der Waals surface area contributed by atoms with Gasteiger partial charge in [0, 0.05) is 16.5 Å². The van der Waals surface area contributed by atoms with Crippen LogP contribution in [0.5, 0.6) is 34.5 Å². The first-order chi connectivity index (χ1) is 23.6. The molecule has 4 aromatic rings. The van der Waals surface area contributed by atoms with E-state index in [0.29, 0.717) is 56.0 Å². The lowest BCUT2D eigenvalue weighted by atomic mass is 9.65. The summed E-state index contributed by atoms with van der Waals surface area (Å²) >= 11 is 13.4. The van der Waals surface area contributed by atoms with Crippen molar-refractivity contribution < 1.29 is 50.6 Å². The van der Waals surface area contributed by atoms with Gasteiger partial charge in [-0.15, -0.1) is 11.6 Å². The fourth-order valence-electron chi connectivity index (χ4n) is 6.65. The molecule has 7 rings (SSSR count). The summed E-state index contributed by atoms with van der Waals surface area (Å²) in [7, 11) is 0.312. The predicted octanol–water partition coefficient (Wildman–Crippen LogP) is 6.42. The molecular weight excluding hydrogens is 699 g/mol. The normalized spacial score (nSPS) is 22.1. The average Bonchev–Trinajstić information content (AvgIpc) is 3.68. The molecule has 0 spiro atoms. The van der Waals surface area contributed by atoms with Crippen LogP contribution in [0.4, 0.5) is 0 Å². The molecule has 1 saturated heterocycles. The zero-order valence-corrected chi connectivity index (χ0v) is 28.8. The van der Waals surface area contributed by atoms with Gasteiger partial charge in [0.15, 0.2) is 27.9 Å². The maximum atomic E-state index is 13.7. The molecule has 11 nitrogen and oxygen atoms in total. The number of methoxy groups -OCH3 is 3. The van der Waals surface area contributed by atoms with Crippen molar-refractivity contribution in [3.05, 3.63) is 100 Å². The number of esters is 1. The minimum atomic E-state index is -4.20. The van der Waals surface area contributed by atoms with Crippen LogP contribution in [0.2, 0.25) is 5.02 Å². The summed E-state index contributed by atoms with van der Waals surface area (Å²) in [6, 6.07) is 19.4. The van der Waals surface area contributed by atoms with E-state index in [1.165, 1.54) is 51.7 Å². The van der Waals surface area contributed by atoms with Crippen molar-refractivity contribution in [3.63, 3.8) is 0 Å². The summed E-state index contributed by atoms with van der Waals surface area (Å²) in [4.78, 5) is 12.0. The number of halogens is 2. The number of para-hydroxylation sites is 1. The zero-order chi connectivity index (χ0) is 34.5. The number of carbonyl (C=O) groups excluding carboxylic acids is 1. The van der Waals surface area contributed by atoms with Gasteiger partial charge in [0.1, 0.15) is 10.6 Å². The van der Waals surface area contributed by atoms with Crippen molar-refractivity contribution in [2.24, 2.45) is 5.92 Å². The number of hydrogen-bond donors (Lipinski definition) is 0. The highest BCUT2D eigenvalue weighted by Crippen LogP contribution is 2.61. The molecule has 14 heteroatoms. The quantitative estimate of drug-likeness (QED) is 0.102. The molecular formula is C35H30Cl2O11S. The molecule has 1 aliphatic carbocycles. The number of ether oxygens (including phenoxy) is 7. The Morgan fingerprint density at radius 2 is 1.49 bits per heavy atom. The van der Waals surface area contributed by atoms with Crippen molar-refractivity contribution in [1.29, 1.82) is 0 Å². The van der Waals surface area contributed by atoms with Crippen molar-refractivity contribution in [3.8, 4) is 34.5 Å². The fraction of sp³-hybridized carbons (Fsp3) is 0.286. The Morgan fingerprint density at radius 3 is 2.14 bits per heavy atom. The third-order valence-electron chi connectivity index (χ3n) is 8.94. The van der Waals surface area contributed by atoms with E-state index in [9.17, 15) is 13.2 Å². The SMILES string of the molecule is COc1cc([C@@H]2c3cc4c(cc3[C@H](OCc3ccccc3OS(=O)(=O)c3ccc(Cl)cc3)[C@H]3COC(=O)[C@]23Cl)OCO4)cc(OC)c1OC. The average molecular weight is 730 g/mol. The highest BCUT2D eigenvalue weighted by Gasteiger charge is 2.64. The first-order valence-electron chi connectivity index (χ1n) is 15.1. The minimum Gasteiger partial charge on any atom is -0.493 e. The minimum absolute atomic E-state index is 0.0168. The second-order valence-electron chi connectivity index (χ2n) is 11.5. The molecule has 256 valence electrons. The molecule has 0 amide bonds. The number of benzene rings is 4. The van der Waals surface area contributed by atoms with Gasteiger partial charge in [-0.2, -0.15) is 8.42 Å². The van der Waals surface area contributed by atoms with Crippen molar-refractivity contribution in [1.82, 2.24) is 0 Å². The number of fused-ring (bicyclic) bond motifs is 3. The highest BCUT2D eigenvalue weighted by molar-refractivity contribution is 7.87. The van der Waals surface area contributed by atoms with E-state index < -0.39 is 38.9 Å². The molecule has 1 fully saturated rings. The van der Waals surface area contributed by atoms with Gasteiger partial charge in [0.05, 0.1) is 46.6 Å². The first kappa shape index (κ1) is 33.2. The van der Waals surface area contributed by atoms with Crippen LogP contribution in [-0.2, 0) is 31.0 Å². The van der Waals surface area contributed by atoms with E-state index in [1.54, 1.807) is 36.4 Å². The van der Waals surface area contributed by atoms with E-state index >= 15 is 0 Å². The van der Waals surface area contributed by atoms with E-state index in [2.05, 4.69) is 0 Å². The molecule has 0 bridgehead atoms. The molecule has 0 radical (unpaired) electrons. The monoisotopic (exact) mass is 728 g/mol. The van der Waals surface area contributed by atoms with E-state index in [1.807, 2.05) is 6.07 Å². The first-order valence-corrected chi connectivity index (χ1v) is 17.2. The van der Waals surface area contributed by atoms with Gasteiger partial charge in [0.25, 0.3) is 0 Å². The van der Waals surface area contributed by atoms with Crippen molar-refractivity contribution >= 4 is 39.3 Å². The Kier molecular flexibility index (Phi) is 8.68. The lowest BCUT2D eigenvalue weighted by Gasteiger charge is -2.43. The van der Waals surface area contributed by atoms with Crippen LogP contribution in [0.3, 0.4) is 0 Å². The number of alkyl halides is 1. The lowest BCUT2D eigenvalue weighted by Crippen LogP contribution is -2.48. The maximum Gasteiger partial charge on any atom is 0.339 e. The van der Waals surface area contributed by atoms with Gasteiger partial charge >= 0.3 is 16.1 Å². The molecule has 0 unspecified atom stereocenters. The van der Waals surface area contributed by atoms with E-state index in [0.717, 1.165) is 0 Å². The third kappa shape index (κ3) is 5.66. The topological polar surface area (TPSA) is 125 Å². The lowest BCUT2D eigenvalue weighted by molar-refractivity contribution is -0.140. The zero-order valence-electron chi connectivity index (χ0n) is 26.4. The van der Waals surface area contributed by atoms with Crippen LogP contribution in [0.15, 0.2) is 77.7 Å². The third-order valence-corrected chi connectivity index (χ3v) is 11.1. The smallest absolute Gasteiger partial charge is 0.339 e. The van der Waals surface area contributed by atoms with Gasteiger partial charge < -0.3 is 37.3 Å². The Bertz CT molecular complexity index is 2010. The van der Waals surface area contributed by atoms with Crippen LogP contribution >= 0.6 is 23.2 Å². The van der Waals surface area contributed by atoms with Crippen LogP contribution in [-0.4, -0.2) is 54.0 Å². The van der Waals surface area contributed by atoms with Gasteiger partial charge in [-0.1, -0.05) is 29.8 Å². The molecule has 0 aromatic heterocycles. The summed E-state index contributed by atoms with van der Waals surface area (Å²) in [5.41, 5.74) is 2.39. The standard InChI is InChI=1S/C35H30Cl2O11S/c1-41-29-12-20(13-30(42-2)33(29)43-3)31-23-14-27-28(47-18-46-27)15-24(23)32(25-17-45-34(38)35(25,31)37)44-16-19-6-4-5-7-26(19)48-49(39,40)22-10-8-21(36)9-11-22/h4-15,25,31-32H,16-18H2,1-3H3/t25-,31-,32+,35-/m1/s1. The number of rotatable bonds is 10. The van der Waals surface area contributed by atoms with Gasteiger partial charge in [0.2, 0.25) is 12.5 Å². The largest absolute Gasteiger partial charge is 0.493 e. The summed E-state index contributed by atoms with van der Waals surface area (Å²) in [6.45, 7) is -0.120. The number of hydrogen-bond acceptors (Lipinski definition) is 11. The molecule has 0 N–H and O–H groups in total. The van der Waals surface area contributed by atoms with Gasteiger partial charge in [-0.3, -0.25) is 4.79 Å². The predicted molar refractivity (Wildman–Crippen MR) is 177 cm³/mol.